The first-order valence-electron chi connectivity index (χ1n) is 8.03. The Hall–Kier alpha value is -1.37. The first-order valence-corrected chi connectivity index (χ1v) is 8.41. The van der Waals surface area contributed by atoms with E-state index in [4.69, 9.17) is 21.4 Å². The monoisotopic (exact) mass is 374 g/mol. The van der Waals surface area contributed by atoms with Crippen molar-refractivity contribution in [2.24, 2.45) is 11.8 Å². The number of rotatable bonds is 2. The average molecular weight is 375 g/mol. The maximum atomic E-state index is 12.7. The lowest BCUT2D eigenvalue weighted by atomic mass is 9.71. The van der Waals surface area contributed by atoms with Gasteiger partial charge in [-0.1, -0.05) is 30.7 Å². The number of ketones is 1. The molecule has 3 rings (SSSR count). The van der Waals surface area contributed by atoms with Gasteiger partial charge in [-0.05, 0) is 37.1 Å². The van der Waals surface area contributed by atoms with Crippen molar-refractivity contribution in [1.82, 2.24) is 0 Å². The molecule has 1 saturated carbocycles. The number of carbonyl (C=O) groups excluding carboxylic acids is 1. The molecule has 25 heavy (non-hydrogen) atoms. The number of Topliss-reactive ketones (excluding diaryl/α,β-unsaturated/α-hetero) is 1. The summed E-state index contributed by atoms with van der Waals surface area (Å²) in [5.74, 6) is -0.0923. The average Bonchev–Trinajstić information content (AvgIpc) is 2.53. The Morgan fingerprint density at radius 2 is 2.08 bits per heavy atom. The summed E-state index contributed by atoms with van der Waals surface area (Å²) >= 11 is 5.97. The van der Waals surface area contributed by atoms with E-state index in [9.17, 15) is 18.0 Å². The first-order chi connectivity index (χ1) is 11.6. The molecule has 2 bridgehead atoms. The summed E-state index contributed by atoms with van der Waals surface area (Å²) in [6.07, 6.45) is -0.286. The fourth-order valence-electron chi connectivity index (χ4n) is 3.25. The van der Waals surface area contributed by atoms with E-state index in [0.717, 1.165) is 12.1 Å². The highest BCUT2D eigenvalue weighted by molar-refractivity contribution is 6.32. The van der Waals surface area contributed by atoms with Gasteiger partial charge in [0, 0.05) is 23.3 Å². The van der Waals surface area contributed by atoms with Gasteiger partial charge in [0.15, 0.2) is 0 Å². The topological polar surface area (TPSA) is 35.5 Å². The van der Waals surface area contributed by atoms with Crippen LogP contribution in [0.4, 0.5) is 13.2 Å². The molecule has 3 nitrogen and oxygen atoms in total. The van der Waals surface area contributed by atoms with Crippen LogP contribution in [-0.4, -0.2) is 17.5 Å². The third-order valence-corrected chi connectivity index (χ3v) is 5.44. The van der Waals surface area contributed by atoms with Crippen LogP contribution in [0.3, 0.4) is 0 Å². The van der Waals surface area contributed by atoms with Gasteiger partial charge in [-0.2, -0.15) is 13.2 Å². The predicted molar refractivity (Wildman–Crippen MR) is 86.7 cm³/mol. The summed E-state index contributed by atoms with van der Waals surface area (Å²) in [7, 11) is 0. The number of alkyl halides is 3. The van der Waals surface area contributed by atoms with E-state index in [1.165, 1.54) is 6.07 Å². The van der Waals surface area contributed by atoms with Crippen molar-refractivity contribution in [1.29, 1.82) is 0 Å². The van der Waals surface area contributed by atoms with E-state index in [0.29, 0.717) is 18.4 Å². The molecule has 1 aliphatic heterocycles. The van der Waals surface area contributed by atoms with Gasteiger partial charge in [-0.3, -0.25) is 4.79 Å². The third kappa shape index (κ3) is 3.61. The number of halogens is 4. The zero-order valence-electron chi connectivity index (χ0n) is 13.8. The second-order valence-electron chi connectivity index (χ2n) is 6.86. The zero-order chi connectivity index (χ0) is 18.4. The van der Waals surface area contributed by atoms with Crippen molar-refractivity contribution < 1.29 is 27.7 Å². The Balaban J connectivity index is 1.81. The molecule has 0 amide bonds. The summed E-state index contributed by atoms with van der Waals surface area (Å²) in [5.41, 5.74) is -1.19. The van der Waals surface area contributed by atoms with Gasteiger partial charge in [0.2, 0.25) is 0 Å². The van der Waals surface area contributed by atoms with E-state index in [-0.39, 0.29) is 28.7 Å². The van der Waals surface area contributed by atoms with Gasteiger partial charge in [0.1, 0.15) is 17.5 Å². The van der Waals surface area contributed by atoms with Gasteiger partial charge < -0.3 is 0 Å². The smallest absolute Gasteiger partial charge is 0.299 e. The van der Waals surface area contributed by atoms with Crippen LogP contribution in [0.1, 0.15) is 37.8 Å². The van der Waals surface area contributed by atoms with Crippen LogP contribution in [0.25, 0.3) is 6.08 Å². The molecule has 0 N–H and O–H groups in total. The van der Waals surface area contributed by atoms with Crippen LogP contribution in [0, 0.1) is 11.8 Å². The minimum absolute atomic E-state index is 0.00220. The highest BCUT2D eigenvalue weighted by Gasteiger charge is 2.48. The van der Waals surface area contributed by atoms with E-state index < -0.39 is 17.3 Å². The molecule has 0 aromatic heterocycles. The van der Waals surface area contributed by atoms with Crippen molar-refractivity contribution in [2.75, 3.05) is 0 Å². The van der Waals surface area contributed by atoms with Crippen LogP contribution in [0.5, 0.6) is 0 Å². The molecule has 1 aliphatic carbocycles. The van der Waals surface area contributed by atoms with Crippen molar-refractivity contribution in [3.05, 3.63) is 40.4 Å². The van der Waals surface area contributed by atoms with E-state index in [1.807, 2.05) is 6.92 Å². The van der Waals surface area contributed by atoms with E-state index in [1.54, 1.807) is 19.1 Å². The molecule has 4 atom stereocenters. The predicted octanol–water partition coefficient (Wildman–Crippen LogP) is 5.08. The van der Waals surface area contributed by atoms with Gasteiger partial charge in [-0.15, -0.1) is 0 Å². The van der Waals surface area contributed by atoms with Crippen LogP contribution < -0.4 is 0 Å². The Labute approximate surface area is 148 Å². The van der Waals surface area contributed by atoms with Crippen molar-refractivity contribution in [3.8, 4) is 0 Å². The minimum atomic E-state index is -4.44. The summed E-state index contributed by atoms with van der Waals surface area (Å²) in [6, 6.07) is 3.18. The highest BCUT2D eigenvalue weighted by atomic mass is 35.5. The maximum Gasteiger partial charge on any atom is 0.416 e. The first kappa shape index (κ1) is 18.4. The Bertz CT molecular complexity index is 716. The quantitative estimate of drug-likeness (QED) is 0.677. The van der Waals surface area contributed by atoms with Crippen molar-refractivity contribution >= 4 is 23.5 Å². The summed E-state index contributed by atoms with van der Waals surface area (Å²) in [6.45, 7) is 3.62. The number of hydrogen-bond donors (Lipinski definition) is 0. The van der Waals surface area contributed by atoms with Crippen LogP contribution in [0.2, 0.25) is 5.02 Å². The summed E-state index contributed by atoms with van der Waals surface area (Å²) < 4.78 is 38.1. The SMILES string of the molecule is C[C@H]1C(=O)C[C@@H]2C[C@H]1OO[C@]2(C)C=Cc1ccc(C(F)(F)F)cc1Cl. The highest BCUT2D eigenvalue weighted by Crippen LogP contribution is 2.43. The molecule has 136 valence electrons. The standard InChI is InChI=1S/C18H18ClF3O3/c1-10-15(23)8-13-9-16(10)24-25-17(13,2)6-5-11-3-4-12(7-14(11)19)18(20,21)22/h3-7,10,13,16H,8-9H2,1-2H3/t10-,13+,16+,17+/m0/s1. The lowest BCUT2D eigenvalue weighted by Crippen LogP contribution is -2.51. The molecule has 0 radical (unpaired) electrons. The normalized spacial score (nSPS) is 33.0. The molecule has 0 spiro atoms. The number of carbonyl (C=O) groups is 1. The fourth-order valence-corrected chi connectivity index (χ4v) is 3.50. The minimum Gasteiger partial charge on any atom is -0.299 e. The van der Waals surface area contributed by atoms with Gasteiger partial charge in [0.05, 0.1) is 5.56 Å². The van der Waals surface area contributed by atoms with Gasteiger partial charge >= 0.3 is 6.18 Å². The molecule has 1 aromatic rings. The Kier molecular flexibility index (Phi) is 4.73. The van der Waals surface area contributed by atoms with Crippen molar-refractivity contribution in [2.45, 2.75) is 44.6 Å². The lowest BCUT2D eigenvalue weighted by Gasteiger charge is -2.45. The molecule has 1 saturated heterocycles. The fraction of sp³-hybridized carbons (Fsp3) is 0.500. The van der Waals surface area contributed by atoms with Crippen molar-refractivity contribution in [3.63, 3.8) is 0 Å². The molecule has 2 aliphatic rings. The molecule has 7 heteroatoms. The maximum absolute atomic E-state index is 12.7. The summed E-state index contributed by atoms with van der Waals surface area (Å²) in [4.78, 5) is 23.0. The molecule has 0 unspecified atom stereocenters. The molecular weight excluding hydrogens is 357 g/mol. The van der Waals surface area contributed by atoms with Gasteiger partial charge in [-0.25, -0.2) is 9.78 Å². The third-order valence-electron chi connectivity index (χ3n) is 5.11. The lowest BCUT2D eigenvalue weighted by molar-refractivity contribution is -0.415. The Morgan fingerprint density at radius 1 is 1.36 bits per heavy atom. The summed E-state index contributed by atoms with van der Waals surface area (Å²) in [5, 5.41) is -0.00220. The van der Waals surface area contributed by atoms with Crippen LogP contribution >= 0.6 is 11.6 Å². The number of fused-ring (bicyclic) bond motifs is 2. The van der Waals surface area contributed by atoms with Gasteiger partial charge in [0.25, 0.3) is 0 Å². The number of benzene rings is 1. The second-order valence-corrected chi connectivity index (χ2v) is 7.27. The zero-order valence-corrected chi connectivity index (χ0v) is 14.5. The van der Waals surface area contributed by atoms with Crippen LogP contribution in [0.15, 0.2) is 24.3 Å². The van der Waals surface area contributed by atoms with E-state index in [2.05, 4.69) is 0 Å². The molecule has 1 aromatic carbocycles. The molecule has 1 heterocycles. The molecular formula is C18H18ClF3O3. The van der Waals surface area contributed by atoms with E-state index >= 15 is 0 Å². The van der Waals surface area contributed by atoms with Crippen LogP contribution in [-0.2, 0) is 20.7 Å². The second kappa shape index (κ2) is 6.41. The Morgan fingerprint density at radius 3 is 2.72 bits per heavy atom. The molecule has 2 fully saturated rings. The largest absolute Gasteiger partial charge is 0.416 e. The number of hydrogen-bond acceptors (Lipinski definition) is 3.